The smallest absolute Gasteiger partial charge is 0.125 e. The molecule has 19 heavy (non-hydrogen) atoms. The molecule has 0 radical (unpaired) electrons. The zero-order chi connectivity index (χ0) is 13.5. The fraction of sp³-hybridized carbons (Fsp3) is 0.688. The van der Waals surface area contributed by atoms with Crippen molar-refractivity contribution in [3.63, 3.8) is 0 Å². The molecule has 3 nitrogen and oxygen atoms in total. The molecule has 1 aromatic heterocycles. The van der Waals surface area contributed by atoms with E-state index in [1.54, 1.807) is 0 Å². The Bertz CT molecular complexity index is 364. The highest BCUT2D eigenvalue weighted by Gasteiger charge is 2.21. The van der Waals surface area contributed by atoms with Crippen molar-refractivity contribution in [1.82, 2.24) is 4.98 Å². The first-order valence-corrected chi connectivity index (χ1v) is 7.62. The van der Waals surface area contributed by atoms with Crippen LogP contribution < -0.4 is 5.32 Å². The number of aromatic nitrogens is 1. The Labute approximate surface area is 116 Å². The van der Waals surface area contributed by atoms with Crippen LogP contribution in [-0.4, -0.2) is 17.6 Å². The summed E-state index contributed by atoms with van der Waals surface area (Å²) in [4.78, 5) is 4.37. The van der Waals surface area contributed by atoms with Crippen LogP contribution >= 0.6 is 0 Å². The lowest BCUT2D eigenvalue weighted by Gasteiger charge is -2.28. The Morgan fingerprint density at radius 1 is 1.32 bits per heavy atom. The summed E-state index contributed by atoms with van der Waals surface area (Å²) in [5, 5.41) is 3.20. The minimum Gasteiger partial charge on any atom is -0.373 e. The van der Waals surface area contributed by atoms with Crippen LogP contribution in [0.5, 0.6) is 0 Å². The Morgan fingerprint density at radius 2 is 2.21 bits per heavy atom. The molecular formula is C16H26N2O. The first-order valence-electron chi connectivity index (χ1n) is 7.62. The van der Waals surface area contributed by atoms with Gasteiger partial charge in [-0.15, -0.1) is 0 Å². The second kappa shape index (κ2) is 7.49. The largest absolute Gasteiger partial charge is 0.373 e. The summed E-state index contributed by atoms with van der Waals surface area (Å²) < 4.78 is 6.04. The Hall–Kier alpha value is -1.09. The molecule has 0 amide bonds. The van der Waals surface area contributed by atoms with Gasteiger partial charge < -0.3 is 10.1 Å². The number of pyridine rings is 1. The molecule has 1 fully saturated rings. The molecule has 3 heteroatoms. The summed E-state index contributed by atoms with van der Waals surface area (Å²) in [5.41, 5.74) is 1.17. The summed E-state index contributed by atoms with van der Waals surface area (Å²) in [7, 11) is 0. The second-order valence-corrected chi connectivity index (χ2v) is 5.46. The molecule has 2 unspecified atom stereocenters. The Balaban J connectivity index is 1.78. The molecule has 0 aromatic carbocycles. The van der Waals surface area contributed by atoms with Crippen molar-refractivity contribution in [1.29, 1.82) is 0 Å². The maximum Gasteiger partial charge on any atom is 0.125 e. The Kier molecular flexibility index (Phi) is 5.64. The van der Waals surface area contributed by atoms with Crippen LogP contribution in [0, 0.1) is 5.92 Å². The molecule has 2 atom stereocenters. The first-order chi connectivity index (χ1) is 9.31. The molecule has 2 rings (SSSR count). The van der Waals surface area contributed by atoms with E-state index in [1.807, 2.05) is 12.3 Å². The zero-order valence-electron chi connectivity index (χ0n) is 12.2. The molecule has 0 spiro atoms. The van der Waals surface area contributed by atoms with Crippen LogP contribution in [-0.2, 0) is 11.3 Å². The van der Waals surface area contributed by atoms with Crippen molar-refractivity contribution in [2.75, 3.05) is 11.9 Å². The standard InChI is InChI=1S/C16H26N2O/c1-3-13-6-5-7-15(10-13)19-12-14-8-9-16(17-4-2)18-11-14/h8-9,11,13,15H,3-7,10,12H2,1-2H3,(H,17,18). The number of hydrogen-bond donors (Lipinski definition) is 1. The molecule has 0 aliphatic heterocycles. The summed E-state index contributed by atoms with van der Waals surface area (Å²) in [6.07, 6.45) is 8.82. The van der Waals surface area contributed by atoms with Gasteiger partial charge in [-0.2, -0.15) is 0 Å². The van der Waals surface area contributed by atoms with Crippen molar-refractivity contribution in [2.24, 2.45) is 5.92 Å². The highest BCUT2D eigenvalue weighted by Crippen LogP contribution is 2.28. The topological polar surface area (TPSA) is 34.1 Å². The molecule has 106 valence electrons. The van der Waals surface area contributed by atoms with E-state index in [9.17, 15) is 0 Å². The zero-order valence-corrected chi connectivity index (χ0v) is 12.2. The highest BCUT2D eigenvalue weighted by molar-refractivity contribution is 5.34. The van der Waals surface area contributed by atoms with Crippen molar-refractivity contribution in [3.8, 4) is 0 Å². The van der Waals surface area contributed by atoms with E-state index < -0.39 is 0 Å². The normalized spacial score (nSPS) is 23.3. The average molecular weight is 262 g/mol. The SMILES string of the molecule is CCNc1ccc(COC2CCCC(CC)C2)cn1. The van der Waals surface area contributed by atoms with Gasteiger partial charge in [0.2, 0.25) is 0 Å². The molecule has 0 saturated heterocycles. The fourth-order valence-electron chi connectivity index (χ4n) is 2.77. The van der Waals surface area contributed by atoms with Gasteiger partial charge >= 0.3 is 0 Å². The molecule has 1 aliphatic carbocycles. The van der Waals surface area contributed by atoms with Gasteiger partial charge in [0.15, 0.2) is 0 Å². The summed E-state index contributed by atoms with van der Waals surface area (Å²) >= 11 is 0. The average Bonchev–Trinajstić information content (AvgIpc) is 2.47. The highest BCUT2D eigenvalue weighted by atomic mass is 16.5. The third kappa shape index (κ3) is 4.50. The van der Waals surface area contributed by atoms with Crippen LogP contribution in [0.4, 0.5) is 5.82 Å². The molecule has 1 N–H and O–H groups in total. The van der Waals surface area contributed by atoms with Crippen molar-refractivity contribution >= 4 is 5.82 Å². The monoisotopic (exact) mass is 262 g/mol. The minimum absolute atomic E-state index is 0.451. The summed E-state index contributed by atoms with van der Waals surface area (Å²) in [5.74, 6) is 1.81. The number of ether oxygens (including phenoxy) is 1. The predicted octanol–water partition coefficient (Wildman–Crippen LogP) is 4.00. The molecule has 1 heterocycles. The van der Waals surface area contributed by atoms with E-state index in [2.05, 4.69) is 30.2 Å². The van der Waals surface area contributed by atoms with Gasteiger partial charge in [-0.05, 0) is 37.3 Å². The van der Waals surface area contributed by atoms with Crippen molar-refractivity contribution in [2.45, 2.75) is 58.7 Å². The van der Waals surface area contributed by atoms with Gasteiger partial charge in [-0.1, -0.05) is 32.3 Å². The van der Waals surface area contributed by atoms with Gasteiger partial charge in [0.05, 0.1) is 12.7 Å². The predicted molar refractivity (Wildman–Crippen MR) is 79.2 cm³/mol. The minimum atomic E-state index is 0.451. The van der Waals surface area contributed by atoms with Gasteiger partial charge in [0.25, 0.3) is 0 Å². The molecule has 0 bridgehead atoms. The number of anilines is 1. The second-order valence-electron chi connectivity index (χ2n) is 5.46. The van der Waals surface area contributed by atoms with Crippen LogP contribution in [0.3, 0.4) is 0 Å². The molecule has 1 aromatic rings. The first kappa shape index (κ1) is 14.3. The Morgan fingerprint density at radius 3 is 2.89 bits per heavy atom. The van der Waals surface area contributed by atoms with E-state index in [0.717, 1.165) is 18.3 Å². The lowest BCUT2D eigenvalue weighted by atomic mass is 9.85. The van der Waals surface area contributed by atoms with E-state index in [-0.39, 0.29) is 0 Å². The maximum atomic E-state index is 6.04. The maximum absolute atomic E-state index is 6.04. The number of nitrogens with zero attached hydrogens (tertiary/aromatic N) is 1. The molecule has 1 saturated carbocycles. The van der Waals surface area contributed by atoms with Crippen molar-refractivity contribution in [3.05, 3.63) is 23.9 Å². The number of hydrogen-bond acceptors (Lipinski definition) is 3. The molecular weight excluding hydrogens is 236 g/mol. The third-order valence-corrected chi connectivity index (χ3v) is 3.98. The van der Waals surface area contributed by atoms with Gasteiger partial charge in [0, 0.05) is 12.7 Å². The quantitative estimate of drug-likeness (QED) is 0.841. The summed E-state index contributed by atoms with van der Waals surface area (Å²) in [6.45, 7) is 5.96. The van der Waals surface area contributed by atoms with Gasteiger partial charge in [-0.25, -0.2) is 4.98 Å². The van der Waals surface area contributed by atoms with Crippen LogP contribution in [0.25, 0.3) is 0 Å². The molecule has 1 aliphatic rings. The third-order valence-electron chi connectivity index (χ3n) is 3.98. The van der Waals surface area contributed by atoms with Gasteiger partial charge in [0.1, 0.15) is 5.82 Å². The number of rotatable bonds is 6. The van der Waals surface area contributed by atoms with E-state index in [4.69, 9.17) is 4.74 Å². The van der Waals surface area contributed by atoms with E-state index >= 15 is 0 Å². The van der Waals surface area contributed by atoms with Gasteiger partial charge in [-0.3, -0.25) is 0 Å². The van der Waals surface area contributed by atoms with Crippen LogP contribution in [0.15, 0.2) is 18.3 Å². The van der Waals surface area contributed by atoms with Crippen LogP contribution in [0.2, 0.25) is 0 Å². The van der Waals surface area contributed by atoms with E-state index in [0.29, 0.717) is 12.7 Å². The fourth-order valence-corrected chi connectivity index (χ4v) is 2.77. The van der Waals surface area contributed by atoms with Crippen LogP contribution in [0.1, 0.15) is 51.5 Å². The lowest BCUT2D eigenvalue weighted by molar-refractivity contribution is 0.00167. The number of nitrogens with one attached hydrogen (secondary N) is 1. The lowest BCUT2D eigenvalue weighted by Crippen LogP contribution is -2.22. The van der Waals surface area contributed by atoms with Crippen molar-refractivity contribution < 1.29 is 4.74 Å². The van der Waals surface area contributed by atoms with E-state index in [1.165, 1.54) is 37.7 Å². The summed E-state index contributed by atoms with van der Waals surface area (Å²) in [6, 6.07) is 4.13.